The highest BCUT2D eigenvalue weighted by Gasteiger charge is 2.30. The number of para-hydroxylation sites is 1. The Hall–Kier alpha value is -3.10. The number of nitrogens with one attached hydrogen (secondary N) is 1. The van der Waals surface area contributed by atoms with Crippen LogP contribution in [0.25, 0.3) is 0 Å². The Labute approximate surface area is 171 Å². The monoisotopic (exact) mass is 421 g/mol. The minimum Gasteiger partial charge on any atom is -0.376 e. The van der Waals surface area contributed by atoms with Gasteiger partial charge in [0.05, 0.1) is 16.9 Å². The van der Waals surface area contributed by atoms with Crippen molar-refractivity contribution in [2.24, 2.45) is 0 Å². The van der Waals surface area contributed by atoms with E-state index in [2.05, 4.69) is 5.32 Å². The molecule has 0 aromatic heterocycles. The lowest BCUT2D eigenvalue weighted by atomic mass is 10.0. The van der Waals surface area contributed by atoms with Crippen LogP contribution in [-0.2, 0) is 17.4 Å². The molecule has 1 heterocycles. The summed E-state index contributed by atoms with van der Waals surface area (Å²) in [4.78, 5) is 25.0. The Morgan fingerprint density at radius 3 is 2.37 bits per heavy atom. The van der Waals surface area contributed by atoms with Gasteiger partial charge in [0.2, 0.25) is 5.91 Å². The average Bonchev–Trinajstić information content (AvgIpc) is 2.69. The minimum absolute atomic E-state index is 0.0000749. The predicted octanol–water partition coefficient (Wildman–Crippen LogP) is 4.57. The molecule has 6 nitrogen and oxygen atoms in total. The first-order valence-electron chi connectivity index (χ1n) is 9.59. The number of anilines is 1. The van der Waals surface area contributed by atoms with Crippen LogP contribution in [0.1, 0.15) is 29.5 Å². The third kappa shape index (κ3) is 5.08. The van der Waals surface area contributed by atoms with Gasteiger partial charge in [-0.3, -0.25) is 14.9 Å². The minimum atomic E-state index is -4.40. The van der Waals surface area contributed by atoms with Crippen LogP contribution in [0.5, 0.6) is 0 Å². The molecule has 0 atom stereocenters. The maximum absolute atomic E-state index is 12.6. The summed E-state index contributed by atoms with van der Waals surface area (Å²) in [7, 11) is 0. The van der Waals surface area contributed by atoms with E-state index in [0.717, 1.165) is 17.7 Å². The molecule has 1 fully saturated rings. The number of nitro groups is 1. The maximum atomic E-state index is 12.6. The van der Waals surface area contributed by atoms with Gasteiger partial charge in [-0.2, -0.15) is 13.2 Å². The Morgan fingerprint density at radius 1 is 1.17 bits per heavy atom. The van der Waals surface area contributed by atoms with E-state index in [1.54, 1.807) is 24.0 Å². The molecule has 9 heteroatoms. The SMILES string of the molecule is Cc1cccc([N+](=O)[O-])c1NC1CCN(C(=O)Cc2ccc(C(F)(F)F)cc2)CC1. The van der Waals surface area contributed by atoms with Gasteiger partial charge in [-0.1, -0.05) is 24.3 Å². The van der Waals surface area contributed by atoms with E-state index in [1.165, 1.54) is 18.2 Å². The quantitative estimate of drug-likeness (QED) is 0.567. The molecular formula is C21H22F3N3O3. The Kier molecular flexibility index (Phi) is 6.28. The summed E-state index contributed by atoms with van der Waals surface area (Å²) in [5.41, 5.74) is 1.09. The number of rotatable bonds is 5. The van der Waals surface area contributed by atoms with Gasteiger partial charge >= 0.3 is 6.18 Å². The number of piperidine rings is 1. The van der Waals surface area contributed by atoms with E-state index in [0.29, 0.717) is 37.2 Å². The van der Waals surface area contributed by atoms with Gasteiger partial charge in [0, 0.05) is 25.2 Å². The lowest BCUT2D eigenvalue weighted by Gasteiger charge is -2.33. The zero-order valence-corrected chi connectivity index (χ0v) is 16.4. The van der Waals surface area contributed by atoms with Crippen LogP contribution in [0.3, 0.4) is 0 Å². The van der Waals surface area contributed by atoms with Gasteiger partial charge in [-0.25, -0.2) is 0 Å². The van der Waals surface area contributed by atoms with Gasteiger partial charge in [-0.05, 0) is 43.0 Å². The normalized spacial score (nSPS) is 15.1. The van der Waals surface area contributed by atoms with E-state index in [-0.39, 0.29) is 24.1 Å². The highest BCUT2D eigenvalue weighted by atomic mass is 19.4. The number of hydrogen-bond acceptors (Lipinski definition) is 4. The molecule has 3 rings (SSSR count). The molecule has 1 amide bonds. The van der Waals surface area contributed by atoms with Gasteiger partial charge in [0.15, 0.2) is 0 Å². The number of benzene rings is 2. The maximum Gasteiger partial charge on any atom is 0.416 e. The largest absolute Gasteiger partial charge is 0.416 e. The third-order valence-electron chi connectivity index (χ3n) is 5.28. The molecule has 0 bridgehead atoms. The van der Waals surface area contributed by atoms with Crippen LogP contribution in [0.4, 0.5) is 24.5 Å². The van der Waals surface area contributed by atoms with Crippen LogP contribution in [0, 0.1) is 17.0 Å². The zero-order valence-electron chi connectivity index (χ0n) is 16.4. The van der Waals surface area contributed by atoms with Gasteiger partial charge in [0.25, 0.3) is 5.69 Å². The van der Waals surface area contributed by atoms with Crippen LogP contribution in [0.15, 0.2) is 42.5 Å². The molecule has 1 aliphatic rings. The number of nitro benzene ring substituents is 1. The smallest absolute Gasteiger partial charge is 0.376 e. The average molecular weight is 421 g/mol. The van der Waals surface area contributed by atoms with Crippen molar-refractivity contribution in [3.63, 3.8) is 0 Å². The van der Waals surface area contributed by atoms with Crippen molar-refractivity contribution in [2.75, 3.05) is 18.4 Å². The summed E-state index contributed by atoms with van der Waals surface area (Å²) < 4.78 is 37.9. The summed E-state index contributed by atoms with van der Waals surface area (Å²) in [5, 5.41) is 14.5. The van der Waals surface area contributed by atoms with Gasteiger partial charge < -0.3 is 10.2 Å². The summed E-state index contributed by atoms with van der Waals surface area (Å²) in [5.74, 6) is -0.143. The second-order valence-electron chi connectivity index (χ2n) is 7.40. The Bertz CT molecular complexity index is 921. The Morgan fingerprint density at radius 2 is 1.80 bits per heavy atom. The van der Waals surface area contributed by atoms with Crippen molar-refractivity contribution >= 4 is 17.3 Å². The second-order valence-corrected chi connectivity index (χ2v) is 7.40. The molecular weight excluding hydrogens is 399 g/mol. The van der Waals surface area contributed by atoms with Crippen molar-refractivity contribution in [1.29, 1.82) is 0 Å². The Balaban J connectivity index is 1.56. The fourth-order valence-corrected chi connectivity index (χ4v) is 3.57. The first-order valence-corrected chi connectivity index (χ1v) is 9.59. The molecule has 2 aromatic rings. The van der Waals surface area contributed by atoms with Crippen LogP contribution in [0.2, 0.25) is 0 Å². The lowest BCUT2D eigenvalue weighted by Crippen LogP contribution is -2.43. The molecule has 0 aliphatic carbocycles. The first-order chi connectivity index (χ1) is 14.1. The predicted molar refractivity (Wildman–Crippen MR) is 106 cm³/mol. The van der Waals surface area contributed by atoms with Crippen molar-refractivity contribution < 1.29 is 22.9 Å². The summed E-state index contributed by atoms with van der Waals surface area (Å²) in [6.07, 6.45) is -3.10. The molecule has 0 unspecified atom stereocenters. The number of hydrogen-bond donors (Lipinski definition) is 1. The highest BCUT2D eigenvalue weighted by molar-refractivity contribution is 5.79. The lowest BCUT2D eigenvalue weighted by molar-refractivity contribution is -0.384. The fourth-order valence-electron chi connectivity index (χ4n) is 3.57. The summed E-state index contributed by atoms with van der Waals surface area (Å²) in [6.45, 7) is 2.77. The molecule has 30 heavy (non-hydrogen) atoms. The van der Waals surface area contributed by atoms with Crippen LogP contribution in [-0.4, -0.2) is 34.9 Å². The molecule has 0 saturated carbocycles. The number of likely N-dealkylation sites (tertiary alicyclic amines) is 1. The molecule has 1 aliphatic heterocycles. The van der Waals surface area contributed by atoms with Crippen molar-refractivity contribution in [2.45, 2.75) is 38.4 Å². The van der Waals surface area contributed by atoms with Gasteiger partial charge in [-0.15, -0.1) is 0 Å². The zero-order chi connectivity index (χ0) is 21.9. The van der Waals surface area contributed by atoms with E-state index >= 15 is 0 Å². The van der Waals surface area contributed by atoms with Crippen molar-refractivity contribution in [3.05, 3.63) is 69.3 Å². The fraction of sp³-hybridized carbons (Fsp3) is 0.381. The van der Waals surface area contributed by atoms with E-state index in [1.807, 2.05) is 0 Å². The standard InChI is InChI=1S/C21H22F3N3O3/c1-14-3-2-4-18(27(29)30)20(14)25-17-9-11-26(12-10-17)19(28)13-15-5-7-16(8-6-15)21(22,23)24/h2-8,17,25H,9-13H2,1H3. The number of carbonyl (C=O) groups is 1. The van der Waals surface area contributed by atoms with Crippen LogP contribution >= 0.6 is 0 Å². The first kappa shape index (κ1) is 21.6. The van der Waals surface area contributed by atoms with Gasteiger partial charge in [0.1, 0.15) is 5.69 Å². The number of halogens is 3. The summed E-state index contributed by atoms with van der Waals surface area (Å²) >= 11 is 0. The molecule has 2 aromatic carbocycles. The summed E-state index contributed by atoms with van der Waals surface area (Å²) in [6, 6.07) is 9.51. The number of alkyl halides is 3. The third-order valence-corrected chi connectivity index (χ3v) is 5.28. The molecule has 160 valence electrons. The van der Waals surface area contributed by atoms with Crippen molar-refractivity contribution in [1.82, 2.24) is 4.90 Å². The number of carbonyl (C=O) groups excluding carboxylic acids is 1. The second kappa shape index (κ2) is 8.73. The van der Waals surface area contributed by atoms with E-state index in [9.17, 15) is 28.1 Å². The molecule has 1 saturated heterocycles. The van der Waals surface area contributed by atoms with Crippen LogP contribution < -0.4 is 5.32 Å². The highest BCUT2D eigenvalue weighted by Crippen LogP contribution is 2.31. The number of nitrogens with zero attached hydrogens (tertiary/aromatic N) is 2. The van der Waals surface area contributed by atoms with E-state index in [4.69, 9.17) is 0 Å². The van der Waals surface area contributed by atoms with E-state index < -0.39 is 16.7 Å². The topological polar surface area (TPSA) is 75.5 Å². The molecule has 0 spiro atoms. The number of amides is 1. The van der Waals surface area contributed by atoms with Crippen molar-refractivity contribution in [3.8, 4) is 0 Å². The molecule has 0 radical (unpaired) electrons. The molecule has 1 N–H and O–H groups in total. The number of aryl methyl sites for hydroxylation is 1.